The van der Waals surface area contributed by atoms with E-state index in [1.165, 1.54) is 0 Å². The highest BCUT2D eigenvalue weighted by molar-refractivity contribution is 7.54. The zero-order valence-electron chi connectivity index (χ0n) is 8.23. The summed E-state index contributed by atoms with van der Waals surface area (Å²) in [5.74, 6) is -0.882. The maximum Gasteiger partial charge on any atom is 0.358 e. The molecule has 0 aromatic rings. The summed E-state index contributed by atoms with van der Waals surface area (Å²) in [6.45, 7) is 5.62. The van der Waals surface area contributed by atoms with E-state index in [1.54, 1.807) is 20.8 Å². The normalized spacial score (nSPS) is 14.1. The Bertz CT molecular complexity index is 187. The molecule has 1 unspecified atom stereocenters. The van der Waals surface area contributed by atoms with Gasteiger partial charge in [0.1, 0.15) is 0 Å². The SMILES string of the molecule is CCOP(=O)(OCC)C(CC)N=O. The first-order valence-electron chi connectivity index (χ1n) is 4.35. The Morgan fingerprint density at radius 3 is 1.92 bits per heavy atom. The van der Waals surface area contributed by atoms with E-state index in [2.05, 4.69) is 5.18 Å². The highest BCUT2D eigenvalue weighted by Gasteiger charge is 2.35. The topological polar surface area (TPSA) is 65.0 Å². The van der Waals surface area contributed by atoms with Gasteiger partial charge in [0.25, 0.3) is 0 Å². The molecule has 6 heteroatoms. The molecule has 0 aliphatic heterocycles. The van der Waals surface area contributed by atoms with Crippen molar-refractivity contribution in [1.82, 2.24) is 0 Å². The lowest BCUT2D eigenvalue weighted by Gasteiger charge is -2.19. The third-order valence-electron chi connectivity index (χ3n) is 1.47. The van der Waals surface area contributed by atoms with Crippen LogP contribution in [-0.2, 0) is 13.6 Å². The quantitative estimate of drug-likeness (QED) is 0.477. The molecule has 13 heavy (non-hydrogen) atoms. The van der Waals surface area contributed by atoms with Gasteiger partial charge in [0.2, 0.25) is 0 Å². The molecule has 0 saturated heterocycles. The lowest BCUT2D eigenvalue weighted by Crippen LogP contribution is -2.09. The van der Waals surface area contributed by atoms with Gasteiger partial charge in [-0.2, -0.15) is 0 Å². The van der Waals surface area contributed by atoms with Crippen LogP contribution >= 0.6 is 7.60 Å². The first kappa shape index (κ1) is 12.8. The van der Waals surface area contributed by atoms with Crippen LogP contribution < -0.4 is 0 Å². The number of hydrogen-bond donors (Lipinski definition) is 0. The average Bonchev–Trinajstić information content (AvgIpc) is 2.07. The second kappa shape index (κ2) is 6.24. The Morgan fingerprint density at radius 2 is 1.69 bits per heavy atom. The fourth-order valence-corrected chi connectivity index (χ4v) is 2.63. The van der Waals surface area contributed by atoms with Gasteiger partial charge < -0.3 is 9.05 Å². The molecule has 0 bridgehead atoms. The molecule has 0 aliphatic rings. The van der Waals surface area contributed by atoms with Gasteiger partial charge in [-0.1, -0.05) is 12.1 Å². The van der Waals surface area contributed by atoms with Crippen molar-refractivity contribution in [3.63, 3.8) is 0 Å². The molecule has 0 rings (SSSR count). The van der Waals surface area contributed by atoms with Crippen LogP contribution in [0.1, 0.15) is 27.2 Å². The summed E-state index contributed by atoms with van der Waals surface area (Å²) in [6.07, 6.45) is 0.362. The number of rotatable bonds is 7. The van der Waals surface area contributed by atoms with Crippen LogP contribution in [-0.4, -0.2) is 19.0 Å². The maximum atomic E-state index is 11.8. The van der Waals surface area contributed by atoms with Crippen LogP contribution in [0, 0.1) is 4.91 Å². The maximum absolute atomic E-state index is 11.8. The van der Waals surface area contributed by atoms with Crippen molar-refractivity contribution >= 4 is 7.60 Å². The Morgan fingerprint density at radius 1 is 1.23 bits per heavy atom. The van der Waals surface area contributed by atoms with E-state index in [0.717, 1.165) is 0 Å². The summed E-state index contributed by atoms with van der Waals surface area (Å²) in [6, 6.07) is 0. The van der Waals surface area contributed by atoms with E-state index in [-0.39, 0.29) is 13.2 Å². The number of hydrogen-bond acceptors (Lipinski definition) is 5. The van der Waals surface area contributed by atoms with Crippen molar-refractivity contribution in [3.05, 3.63) is 4.91 Å². The van der Waals surface area contributed by atoms with Gasteiger partial charge in [-0.15, -0.1) is 4.91 Å². The van der Waals surface area contributed by atoms with E-state index in [4.69, 9.17) is 9.05 Å². The van der Waals surface area contributed by atoms with E-state index >= 15 is 0 Å². The molecule has 0 radical (unpaired) electrons. The fraction of sp³-hybridized carbons (Fsp3) is 1.00. The third-order valence-corrected chi connectivity index (χ3v) is 3.90. The van der Waals surface area contributed by atoms with Gasteiger partial charge in [-0.25, -0.2) is 0 Å². The highest BCUT2D eigenvalue weighted by Crippen LogP contribution is 2.54. The summed E-state index contributed by atoms with van der Waals surface area (Å²) in [5.41, 5.74) is 0. The van der Waals surface area contributed by atoms with Crippen molar-refractivity contribution in [3.8, 4) is 0 Å². The zero-order valence-corrected chi connectivity index (χ0v) is 9.12. The molecule has 0 N–H and O–H groups in total. The number of nitrogens with zero attached hydrogens (tertiary/aromatic N) is 1. The largest absolute Gasteiger partial charge is 0.358 e. The lowest BCUT2D eigenvalue weighted by molar-refractivity contribution is 0.211. The summed E-state index contributed by atoms with van der Waals surface area (Å²) >= 11 is 0. The second-order valence-corrected chi connectivity index (χ2v) is 4.56. The van der Waals surface area contributed by atoms with Crippen molar-refractivity contribution < 1.29 is 13.6 Å². The second-order valence-electron chi connectivity index (χ2n) is 2.37. The molecule has 78 valence electrons. The Labute approximate surface area is 78.3 Å². The van der Waals surface area contributed by atoms with E-state index < -0.39 is 13.4 Å². The van der Waals surface area contributed by atoms with Crippen LogP contribution in [0.15, 0.2) is 5.18 Å². The van der Waals surface area contributed by atoms with Crippen LogP contribution in [0.25, 0.3) is 0 Å². The standard InChI is InChI=1S/C7H16NO4P/c1-4-7(8-9)13(10,11-5-2)12-6-3/h7H,4-6H2,1-3H3. The molecule has 0 spiro atoms. The summed E-state index contributed by atoms with van der Waals surface area (Å²) < 4.78 is 21.7. The fourth-order valence-electron chi connectivity index (χ4n) is 0.925. The van der Waals surface area contributed by atoms with E-state index in [9.17, 15) is 9.47 Å². The minimum absolute atomic E-state index is 0.253. The first-order valence-corrected chi connectivity index (χ1v) is 5.97. The molecular weight excluding hydrogens is 193 g/mol. The summed E-state index contributed by atoms with van der Waals surface area (Å²) in [4.78, 5) is 10.4. The smallest absolute Gasteiger partial charge is 0.307 e. The molecule has 1 atom stereocenters. The third kappa shape index (κ3) is 3.55. The Hall–Kier alpha value is -0.250. The zero-order chi connectivity index (χ0) is 10.3. The monoisotopic (exact) mass is 209 g/mol. The molecule has 0 aromatic heterocycles. The molecule has 0 heterocycles. The van der Waals surface area contributed by atoms with Gasteiger partial charge in [0, 0.05) is 0 Å². The molecule has 0 fully saturated rings. The van der Waals surface area contributed by atoms with Crippen molar-refractivity contribution in [2.45, 2.75) is 33.0 Å². The van der Waals surface area contributed by atoms with Gasteiger partial charge in [0.05, 0.1) is 13.2 Å². The lowest BCUT2D eigenvalue weighted by atomic mass is 10.5. The first-order chi connectivity index (χ1) is 6.14. The molecule has 5 nitrogen and oxygen atoms in total. The van der Waals surface area contributed by atoms with Crippen molar-refractivity contribution in [2.75, 3.05) is 13.2 Å². The van der Waals surface area contributed by atoms with Crippen LogP contribution in [0.3, 0.4) is 0 Å². The van der Waals surface area contributed by atoms with Gasteiger partial charge in [-0.05, 0) is 20.3 Å². The Kier molecular flexibility index (Phi) is 6.12. The predicted octanol–water partition coefficient (Wildman–Crippen LogP) is 2.76. The van der Waals surface area contributed by atoms with Crippen molar-refractivity contribution in [2.24, 2.45) is 5.18 Å². The van der Waals surface area contributed by atoms with Gasteiger partial charge >= 0.3 is 7.60 Å². The summed E-state index contributed by atoms with van der Waals surface area (Å²) in [5, 5.41) is 2.75. The molecule has 0 aromatic carbocycles. The van der Waals surface area contributed by atoms with Crippen molar-refractivity contribution in [1.29, 1.82) is 0 Å². The van der Waals surface area contributed by atoms with Crippen LogP contribution in [0.4, 0.5) is 0 Å². The average molecular weight is 209 g/mol. The molecule has 0 amide bonds. The van der Waals surface area contributed by atoms with Crippen LogP contribution in [0.2, 0.25) is 0 Å². The minimum Gasteiger partial charge on any atom is -0.307 e. The summed E-state index contributed by atoms with van der Waals surface area (Å²) in [7, 11) is -3.31. The van der Waals surface area contributed by atoms with E-state index in [0.29, 0.717) is 6.42 Å². The van der Waals surface area contributed by atoms with E-state index in [1.807, 2.05) is 0 Å². The van der Waals surface area contributed by atoms with Gasteiger partial charge in [0.15, 0.2) is 5.78 Å². The predicted molar refractivity (Wildman–Crippen MR) is 50.7 cm³/mol. The molecular formula is C7H16NO4P. The Balaban J connectivity index is 4.53. The highest BCUT2D eigenvalue weighted by atomic mass is 31.2. The van der Waals surface area contributed by atoms with Gasteiger partial charge in [-0.3, -0.25) is 4.57 Å². The number of nitroso groups, excluding NO2 is 1. The molecule has 0 aliphatic carbocycles. The molecule has 0 saturated carbocycles. The minimum atomic E-state index is -3.31. The van der Waals surface area contributed by atoms with Crippen LogP contribution in [0.5, 0.6) is 0 Å².